The first-order valence-electron chi connectivity index (χ1n) is 7.56. The predicted molar refractivity (Wildman–Crippen MR) is 84.7 cm³/mol. The molecule has 1 aliphatic rings. The van der Waals surface area contributed by atoms with E-state index in [4.69, 9.17) is 9.47 Å². The van der Waals surface area contributed by atoms with Gasteiger partial charge in [-0.25, -0.2) is 4.79 Å². The number of carbonyl (C=O) groups is 1. The maximum absolute atomic E-state index is 11.2. The fourth-order valence-electron chi connectivity index (χ4n) is 2.59. The van der Waals surface area contributed by atoms with E-state index in [9.17, 15) is 9.90 Å². The number of aliphatic hydroxyl groups is 1. The molecule has 5 heteroatoms. The Bertz CT molecular complexity index is 632. The molecule has 3 rings (SSSR count). The molecular formula is C18H19NO4. The minimum atomic E-state index is -0.896. The summed E-state index contributed by atoms with van der Waals surface area (Å²) in [6.45, 7) is 0.511. The Labute approximate surface area is 134 Å². The van der Waals surface area contributed by atoms with Crippen LogP contribution in [0.1, 0.15) is 17.2 Å². The second-order valence-corrected chi connectivity index (χ2v) is 5.47. The minimum Gasteiger partial charge on any atom is -0.447 e. The largest absolute Gasteiger partial charge is 0.447 e. The Hall–Kier alpha value is -2.37. The minimum absolute atomic E-state index is 0.137. The van der Waals surface area contributed by atoms with Gasteiger partial charge in [-0.3, -0.25) is 0 Å². The van der Waals surface area contributed by atoms with Gasteiger partial charge < -0.3 is 19.9 Å². The summed E-state index contributed by atoms with van der Waals surface area (Å²) in [5.74, 6) is 0. The van der Waals surface area contributed by atoms with E-state index in [0.717, 1.165) is 11.1 Å². The number of alkyl carbamates (subject to hydrolysis) is 1. The number of nitrogens with one attached hydrogen (secondary N) is 1. The average molecular weight is 313 g/mol. The van der Waals surface area contributed by atoms with Crippen molar-refractivity contribution in [1.82, 2.24) is 5.32 Å². The third-order valence-corrected chi connectivity index (χ3v) is 3.82. The van der Waals surface area contributed by atoms with E-state index in [2.05, 4.69) is 5.32 Å². The molecular weight excluding hydrogens is 294 g/mol. The summed E-state index contributed by atoms with van der Waals surface area (Å²) >= 11 is 0. The van der Waals surface area contributed by atoms with Crippen molar-refractivity contribution in [3.8, 4) is 0 Å². The topological polar surface area (TPSA) is 67.8 Å². The predicted octanol–water partition coefficient (Wildman–Crippen LogP) is 2.41. The van der Waals surface area contributed by atoms with Crippen molar-refractivity contribution in [3.05, 3.63) is 71.8 Å². The van der Waals surface area contributed by atoms with E-state index in [-0.39, 0.29) is 6.61 Å². The summed E-state index contributed by atoms with van der Waals surface area (Å²) in [5, 5.41) is 13.2. The Balaban J connectivity index is 1.75. The van der Waals surface area contributed by atoms with Crippen molar-refractivity contribution in [1.29, 1.82) is 0 Å². The van der Waals surface area contributed by atoms with Gasteiger partial charge in [0.05, 0.1) is 12.6 Å². The zero-order valence-electron chi connectivity index (χ0n) is 12.6. The third-order valence-electron chi connectivity index (χ3n) is 3.82. The van der Waals surface area contributed by atoms with E-state index in [1.165, 1.54) is 0 Å². The van der Waals surface area contributed by atoms with Gasteiger partial charge in [0.15, 0.2) is 0 Å². The van der Waals surface area contributed by atoms with Gasteiger partial charge in [0.1, 0.15) is 18.8 Å². The Kier molecular flexibility index (Phi) is 4.90. The van der Waals surface area contributed by atoms with Gasteiger partial charge >= 0.3 is 6.09 Å². The van der Waals surface area contributed by atoms with Gasteiger partial charge in [0.25, 0.3) is 0 Å². The molecule has 0 aromatic heterocycles. The van der Waals surface area contributed by atoms with E-state index in [1.807, 2.05) is 60.7 Å². The number of rotatable bonds is 6. The van der Waals surface area contributed by atoms with Crippen LogP contribution in [0.25, 0.3) is 0 Å². The summed E-state index contributed by atoms with van der Waals surface area (Å²) in [7, 11) is 0. The molecule has 0 spiro atoms. The van der Waals surface area contributed by atoms with Gasteiger partial charge in [-0.05, 0) is 11.1 Å². The van der Waals surface area contributed by atoms with Crippen LogP contribution in [0, 0.1) is 0 Å². The molecule has 2 aromatic rings. The quantitative estimate of drug-likeness (QED) is 0.859. The first-order valence-corrected chi connectivity index (χ1v) is 7.56. The highest BCUT2D eigenvalue weighted by atomic mass is 16.6. The molecule has 1 amide bonds. The molecule has 1 saturated heterocycles. The number of hydrogen-bond donors (Lipinski definition) is 2. The smallest absolute Gasteiger partial charge is 0.407 e. The normalized spacial score (nSPS) is 19.7. The summed E-state index contributed by atoms with van der Waals surface area (Å²) in [5.41, 5.74) is 1.88. The van der Waals surface area contributed by atoms with Crippen LogP contribution in [0.4, 0.5) is 4.79 Å². The third kappa shape index (κ3) is 3.88. The number of ether oxygens (including phenoxy) is 2. The van der Waals surface area contributed by atoms with Crippen LogP contribution >= 0.6 is 0 Å². The van der Waals surface area contributed by atoms with Gasteiger partial charge in [-0.15, -0.1) is 0 Å². The maximum Gasteiger partial charge on any atom is 0.407 e. The molecule has 3 atom stereocenters. The lowest BCUT2D eigenvalue weighted by Crippen LogP contribution is -2.42. The van der Waals surface area contributed by atoms with E-state index >= 15 is 0 Å². The molecule has 0 radical (unpaired) electrons. The highest BCUT2D eigenvalue weighted by Crippen LogP contribution is 2.26. The van der Waals surface area contributed by atoms with Crippen LogP contribution in [0.2, 0.25) is 0 Å². The molecule has 2 aromatic carbocycles. The summed E-state index contributed by atoms with van der Waals surface area (Å²) in [4.78, 5) is 11.2. The SMILES string of the molecule is O=C1N[C@H]([C@H](O)[C@H](OCc2ccccc2)c2ccccc2)CO1. The van der Waals surface area contributed by atoms with Crippen LogP contribution in [0.3, 0.4) is 0 Å². The second kappa shape index (κ2) is 7.26. The van der Waals surface area contributed by atoms with Crippen LogP contribution < -0.4 is 5.32 Å². The zero-order chi connectivity index (χ0) is 16.1. The molecule has 5 nitrogen and oxygen atoms in total. The molecule has 1 heterocycles. The Morgan fingerprint density at radius 1 is 1.13 bits per heavy atom. The van der Waals surface area contributed by atoms with Crippen molar-refractivity contribution >= 4 is 6.09 Å². The number of benzene rings is 2. The molecule has 0 aliphatic carbocycles. The standard InChI is InChI=1S/C18H19NO4/c20-16(15-12-23-18(21)19-15)17(14-9-5-2-6-10-14)22-11-13-7-3-1-4-8-13/h1-10,15-17,20H,11-12H2,(H,19,21)/t15-,16-,17+/m0/s1. The average Bonchev–Trinajstić information content (AvgIpc) is 3.03. The fourth-order valence-corrected chi connectivity index (χ4v) is 2.59. The van der Waals surface area contributed by atoms with Gasteiger partial charge in [0, 0.05) is 0 Å². The number of amides is 1. The number of carbonyl (C=O) groups excluding carboxylic acids is 1. The molecule has 0 saturated carbocycles. The Morgan fingerprint density at radius 3 is 2.39 bits per heavy atom. The zero-order valence-corrected chi connectivity index (χ0v) is 12.6. The number of hydrogen-bond acceptors (Lipinski definition) is 4. The van der Waals surface area contributed by atoms with Crippen molar-refractivity contribution < 1.29 is 19.4 Å². The number of aliphatic hydroxyl groups excluding tert-OH is 1. The highest BCUT2D eigenvalue weighted by molar-refractivity contribution is 5.69. The van der Waals surface area contributed by atoms with Crippen molar-refractivity contribution in [2.75, 3.05) is 6.61 Å². The molecule has 0 unspecified atom stereocenters. The summed E-state index contributed by atoms with van der Waals surface area (Å²) in [6, 6.07) is 18.8. The van der Waals surface area contributed by atoms with Gasteiger partial charge in [-0.1, -0.05) is 60.7 Å². The first-order chi connectivity index (χ1) is 11.2. The molecule has 120 valence electrons. The monoisotopic (exact) mass is 313 g/mol. The van der Waals surface area contributed by atoms with Gasteiger partial charge in [0.2, 0.25) is 0 Å². The number of cyclic esters (lactones) is 1. The van der Waals surface area contributed by atoms with E-state index in [0.29, 0.717) is 6.61 Å². The highest BCUT2D eigenvalue weighted by Gasteiger charge is 2.35. The van der Waals surface area contributed by atoms with E-state index < -0.39 is 24.3 Å². The molecule has 0 bridgehead atoms. The van der Waals surface area contributed by atoms with Crippen LogP contribution in [0.5, 0.6) is 0 Å². The summed E-state index contributed by atoms with van der Waals surface area (Å²) in [6.07, 6.45) is -1.96. The lowest BCUT2D eigenvalue weighted by molar-refractivity contribution is -0.0608. The molecule has 1 fully saturated rings. The van der Waals surface area contributed by atoms with Crippen LogP contribution in [-0.2, 0) is 16.1 Å². The Morgan fingerprint density at radius 2 is 1.78 bits per heavy atom. The second-order valence-electron chi connectivity index (χ2n) is 5.47. The fraction of sp³-hybridized carbons (Fsp3) is 0.278. The summed E-state index contributed by atoms with van der Waals surface area (Å²) < 4.78 is 10.8. The maximum atomic E-state index is 11.2. The lowest BCUT2D eigenvalue weighted by Gasteiger charge is -2.27. The molecule has 2 N–H and O–H groups in total. The van der Waals surface area contributed by atoms with Crippen molar-refractivity contribution in [3.63, 3.8) is 0 Å². The molecule has 23 heavy (non-hydrogen) atoms. The first kappa shape index (κ1) is 15.5. The van der Waals surface area contributed by atoms with Crippen LogP contribution in [-0.4, -0.2) is 30.0 Å². The van der Waals surface area contributed by atoms with Crippen LogP contribution in [0.15, 0.2) is 60.7 Å². The van der Waals surface area contributed by atoms with E-state index in [1.54, 1.807) is 0 Å². The van der Waals surface area contributed by atoms with Gasteiger partial charge in [-0.2, -0.15) is 0 Å². The van der Waals surface area contributed by atoms with Crippen molar-refractivity contribution in [2.24, 2.45) is 0 Å². The lowest BCUT2D eigenvalue weighted by atomic mass is 9.99. The molecule has 1 aliphatic heterocycles. The van der Waals surface area contributed by atoms with Crippen molar-refractivity contribution in [2.45, 2.75) is 24.9 Å².